The van der Waals surface area contributed by atoms with Crippen LogP contribution in [0.5, 0.6) is 0 Å². The van der Waals surface area contributed by atoms with E-state index in [-0.39, 0.29) is 5.91 Å². The number of anilines is 1. The third-order valence-electron chi connectivity index (χ3n) is 1.93. The summed E-state index contributed by atoms with van der Waals surface area (Å²) >= 11 is 4.64. The molecule has 2 heterocycles. The number of halogens is 1. The first-order chi connectivity index (χ1) is 8.19. The second-order valence-electron chi connectivity index (χ2n) is 3.15. The van der Waals surface area contributed by atoms with Crippen molar-refractivity contribution in [2.75, 3.05) is 5.32 Å². The fourth-order valence-electron chi connectivity index (χ4n) is 1.14. The van der Waals surface area contributed by atoms with Gasteiger partial charge in [-0.05, 0) is 28.1 Å². The first-order valence-corrected chi connectivity index (χ1v) is 6.43. The number of carbonyl (C=O) groups excluding carboxylic acids is 1. The van der Waals surface area contributed by atoms with Crippen LogP contribution in [0.4, 0.5) is 5.82 Å². The Morgan fingerprint density at radius 3 is 2.94 bits per heavy atom. The number of carbonyl (C=O) groups is 1. The average Bonchev–Trinajstić information content (AvgIpc) is 2.81. The predicted molar refractivity (Wildman–Crippen MR) is 69.9 cm³/mol. The van der Waals surface area contributed by atoms with Crippen molar-refractivity contribution in [3.05, 3.63) is 38.9 Å². The van der Waals surface area contributed by atoms with Gasteiger partial charge in [-0.2, -0.15) is 0 Å². The highest BCUT2D eigenvalue weighted by atomic mass is 79.9. The van der Waals surface area contributed by atoms with Crippen LogP contribution in [0.1, 0.15) is 15.5 Å². The summed E-state index contributed by atoms with van der Waals surface area (Å²) in [6, 6.07) is 3.51. The van der Waals surface area contributed by atoms with Gasteiger partial charge in [-0.1, -0.05) is 0 Å². The maximum Gasteiger partial charge on any atom is 0.276 e. The van der Waals surface area contributed by atoms with Gasteiger partial charge in [-0.3, -0.25) is 4.79 Å². The van der Waals surface area contributed by atoms with Crippen LogP contribution in [0.15, 0.2) is 28.2 Å². The molecule has 2 rings (SSSR count). The van der Waals surface area contributed by atoms with Gasteiger partial charge in [0, 0.05) is 22.6 Å². The second kappa shape index (κ2) is 5.35. The van der Waals surface area contributed by atoms with Crippen LogP contribution in [0.25, 0.3) is 0 Å². The normalized spacial score (nSPS) is 10.2. The van der Waals surface area contributed by atoms with Crippen LogP contribution in [0.3, 0.4) is 0 Å². The lowest BCUT2D eigenvalue weighted by molar-refractivity contribution is 0.102. The Morgan fingerprint density at radius 1 is 1.53 bits per heavy atom. The molecule has 2 aromatic heterocycles. The summed E-state index contributed by atoms with van der Waals surface area (Å²) in [5, 5.41) is 5.07. The van der Waals surface area contributed by atoms with Gasteiger partial charge in [0.15, 0.2) is 0 Å². The summed E-state index contributed by atoms with van der Waals surface area (Å²) in [5.41, 5.74) is 5.79. The molecule has 2 aromatic rings. The average molecular weight is 313 g/mol. The molecule has 0 spiro atoms. The highest BCUT2D eigenvalue weighted by Gasteiger charge is 2.10. The monoisotopic (exact) mass is 312 g/mol. The van der Waals surface area contributed by atoms with E-state index in [4.69, 9.17) is 5.73 Å². The van der Waals surface area contributed by atoms with E-state index in [2.05, 4.69) is 31.2 Å². The molecule has 17 heavy (non-hydrogen) atoms. The molecule has 5 nitrogen and oxygen atoms in total. The Bertz CT molecular complexity index is 525. The lowest BCUT2D eigenvalue weighted by atomic mass is 10.4. The van der Waals surface area contributed by atoms with Crippen molar-refractivity contribution in [3.8, 4) is 0 Å². The van der Waals surface area contributed by atoms with Crippen molar-refractivity contribution >= 4 is 39.0 Å². The van der Waals surface area contributed by atoms with Crippen molar-refractivity contribution in [2.45, 2.75) is 6.54 Å². The predicted octanol–water partition coefficient (Wildman–Crippen LogP) is 2.01. The Balaban J connectivity index is 2.08. The number of amides is 1. The van der Waals surface area contributed by atoms with Crippen molar-refractivity contribution < 1.29 is 4.79 Å². The Labute approximate surface area is 110 Å². The molecule has 0 aliphatic heterocycles. The first kappa shape index (κ1) is 12.2. The van der Waals surface area contributed by atoms with E-state index < -0.39 is 0 Å². The Morgan fingerprint density at radius 2 is 2.35 bits per heavy atom. The summed E-state index contributed by atoms with van der Waals surface area (Å²) in [5.74, 6) is 0.205. The molecule has 0 saturated carbocycles. The van der Waals surface area contributed by atoms with Crippen molar-refractivity contribution in [1.82, 2.24) is 9.97 Å². The zero-order chi connectivity index (χ0) is 12.3. The molecule has 0 aliphatic carbocycles. The molecule has 0 saturated heterocycles. The topological polar surface area (TPSA) is 80.9 Å². The fraction of sp³-hybridized carbons (Fsp3) is 0.100. The van der Waals surface area contributed by atoms with E-state index in [1.165, 1.54) is 11.3 Å². The molecule has 1 amide bonds. The van der Waals surface area contributed by atoms with E-state index in [9.17, 15) is 4.79 Å². The summed E-state index contributed by atoms with van der Waals surface area (Å²) < 4.78 is 0.856. The molecule has 88 valence electrons. The van der Waals surface area contributed by atoms with Gasteiger partial charge in [0.05, 0.1) is 0 Å². The lowest BCUT2D eigenvalue weighted by Crippen LogP contribution is -2.13. The van der Waals surface area contributed by atoms with Gasteiger partial charge in [0.1, 0.15) is 16.5 Å². The highest BCUT2D eigenvalue weighted by molar-refractivity contribution is 9.10. The Hall–Kier alpha value is -1.31. The number of hydrogen-bond donors (Lipinski definition) is 2. The van der Waals surface area contributed by atoms with Gasteiger partial charge >= 0.3 is 0 Å². The van der Waals surface area contributed by atoms with E-state index in [1.54, 1.807) is 23.7 Å². The van der Waals surface area contributed by atoms with E-state index in [1.807, 2.05) is 0 Å². The van der Waals surface area contributed by atoms with Gasteiger partial charge in [-0.15, -0.1) is 11.3 Å². The molecule has 0 aliphatic rings. The number of aromatic nitrogens is 2. The number of nitrogens with zero attached hydrogens (tertiary/aromatic N) is 2. The standard InChI is InChI=1S/C10H9BrN4OS/c11-6-1-2-8(13-4-6)15-10(16)7-5-17-9(3-12)14-7/h1-2,4-5H,3,12H2,(H,13,15,16). The van der Waals surface area contributed by atoms with Crippen LogP contribution in [0.2, 0.25) is 0 Å². The van der Waals surface area contributed by atoms with E-state index >= 15 is 0 Å². The maximum atomic E-state index is 11.8. The molecule has 7 heteroatoms. The number of rotatable bonds is 3. The second-order valence-corrected chi connectivity index (χ2v) is 5.00. The molecule has 0 atom stereocenters. The molecule has 0 bridgehead atoms. The zero-order valence-corrected chi connectivity index (χ0v) is 11.1. The summed E-state index contributed by atoms with van der Waals surface area (Å²) in [4.78, 5) is 19.9. The number of nitrogens with two attached hydrogens (primary N) is 1. The number of hydrogen-bond acceptors (Lipinski definition) is 5. The summed E-state index contributed by atoms with van der Waals surface area (Å²) in [7, 11) is 0. The molecule has 3 N–H and O–H groups in total. The van der Waals surface area contributed by atoms with Crippen LogP contribution in [-0.4, -0.2) is 15.9 Å². The minimum absolute atomic E-state index is 0.282. The van der Waals surface area contributed by atoms with Crippen molar-refractivity contribution in [3.63, 3.8) is 0 Å². The third-order valence-corrected chi connectivity index (χ3v) is 3.27. The smallest absolute Gasteiger partial charge is 0.276 e. The van der Waals surface area contributed by atoms with Gasteiger partial charge < -0.3 is 11.1 Å². The number of pyridine rings is 1. The molecule has 0 aromatic carbocycles. The SMILES string of the molecule is NCc1nc(C(=O)Nc2ccc(Br)cn2)cs1. The summed E-state index contributed by atoms with van der Waals surface area (Å²) in [6.45, 7) is 0.342. The summed E-state index contributed by atoms with van der Waals surface area (Å²) in [6.07, 6.45) is 1.61. The highest BCUT2D eigenvalue weighted by Crippen LogP contribution is 2.13. The molecule has 0 unspecified atom stereocenters. The minimum atomic E-state index is -0.282. The van der Waals surface area contributed by atoms with Crippen molar-refractivity contribution in [1.29, 1.82) is 0 Å². The van der Waals surface area contributed by atoms with Crippen LogP contribution >= 0.6 is 27.3 Å². The molecular weight excluding hydrogens is 304 g/mol. The molecule has 0 radical (unpaired) electrons. The molecular formula is C10H9BrN4OS. The van der Waals surface area contributed by atoms with Crippen LogP contribution in [0, 0.1) is 0 Å². The quantitative estimate of drug-likeness (QED) is 0.908. The largest absolute Gasteiger partial charge is 0.325 e. The third kappa shape index (κ3) is 3.09. The van der Waals surface area contributed by atoms with Crippen LogP contribution in [-0.2, 0) is 6.54 Å². The lowest BCUT2D eigenvalue weighted by Gasteiger charge is -2.01. The first-order valence-electron chi connectivity index (χ1n) is 4.76. The Kier molecular flexibility index (Phi) is 3.82. The van der Waals surface area contributed by atoms with E-state index in [0.29, 0.717) is 18.1 Å². The maximum absolute atomic E-state index is 11.8. The van der Waals surface area contributed by atoms with E-state index in [0.717, 1.165) is 9.48 Å². The number of thiazole rings is 1. The van der Waals surface area contributed by atoms with Gasteiger partial charge in [-0.25, -0.2) is 9.97 Å². The number of nitrogens with one attached hydrogen (secondary N) is 1. The van der Waals surface area contributed by atoms with Gasteiger partial charge in [0.25, 0.3) is 5.91 Å². The zero-order valence-electron chi connectivity index (χ0n) is 8.68. The molecule has 0 fully saturated rings. The van der Waals surface area contributed by atoms with Gasteiger partial charge in [0.2, 0.25) is 0 Å². The fourth-order valence-corrected chi connectivity index (χ4v) is 2.03. The van der Waals surface area contributed by atoms with Crippen molar-refractivity contribution in [2.24, 2.45) is 5.73 Å². The van der Waals surface area contributed by atoms with Crippen LogP contribution < -0.4 is 11.1 Å². The minimum Gasteiger partial charge on any atom is -0.325 e.